The highest BCUT2D eigenvalue weighted by Gasteiger charge is 2.06. The minimum atomic E-state index is -2.84. The Labute approximate surface area is 114 Å². The van der Waals surface area contributed by atoms with E-state index in [0.29, 0.717) is 6.42 Å². The van der Waals surface area contributed by atoms with Crippen LogP contribution in [0.1, 0.15) is 24.9 Å². The van der Waals surface area contributed by atoms with E-state index in [4.69, 9.17) is 0 Å². The second-order valence-electron chi connectivity index (χ2n) is 4.43. The van der Waals surface area contributed by atoms with Gasteiger partial charge in [0.15, 0.2) is 0 Å². The molecule has 5 heteroatoms. The van der Waals surface area contributed by atoms with Crippen LogP contribution in [0.5, 0.6) is 0 Å². The van der Waals surface area contributed by atoms with Crippen molar-refractivity contribution in [1.82, 2.24) is 5.32 Å². The molecule has 1 rings (SSSR count). The first-order valence-corrected chi connectivity index (χ1v) is 9.26. The zero-order valence-corrected chi connectivity index (χ0v) is 12.8. The Hall–Kier alpha value is -0.520. The first-order chi connectivity index (χ1) is 8.42. The van der Waals surface area contributed by atoms with Gasteiger partial charge in [-0.15, -0.1) is 11.8 Å². The van der Waals surface area contributed by atoms with Crippen LogP contribution in [0.25, 0.3) is 0 Å². The average molecular weight is 287 g/mol. The van der Waals surface area contributed by atoms with Gasteiger partial charge in [-0.25, -0.2) is 8.42 Å². The number of thioether (sulfide) groups is 1. The Kier molecular flexibility index (Phi) is 6.18. The van der Waals surface area contributed by atoms with Gasteiger partial charge in [0.25, 0.3) is 0 Å². The molecule has 0 aromatic heterocycles. The van der Waals surface area contributed by atoms with Gasteiger partial charge in [0.2, 0.25) is 0 Å². The van der Waals surface area contributed by atoms with Crippen molar-refractivity contribution in [2.75, 3.05) is 24.8 Å². The maximum absolute atomic E-state index is 11.0. The second kappa shape index (κ2) is 7.16. The fourth-order valence-electron chi connectivity index (χ4n) is 1.66. The van der Waals surface area contributed by atoms with Crippen molar-refractivity contribution in [3.63, 3.8) is 0 Å². The van der Waals surface area contributed by atoms with E-state index in [1.54, 1.807) is 11.8 Å². The van der Waals surface area contributed by atoms with Gasteiger partial charge in [0.05, 0.1) is 5.75 Å². The molecule has 0 saturated carbocycles. The van der Waals surface area contributed by atoms with Crippen molar-refractivity contribution in [2.24, 2.45) is 0 Å². The summed E-state index contributed by atoms with van der Waals surface area (Å²) < 4.78 is 22.0. The van der Waals surface area contributed by atoms with Crippen LogP contribution in [0, 0.1) is 0 Å². The van der Waals surface area contributed by atoms with Crippen molar-refractivity contribution < 1.29 is 8.42 Å². The fraction of sp³-hybridized carbons (Fsp3) is 0.538. The zero-order valence-electron chi connectivity index (χ0n) is 11.1. The summed E-state index contributed by atoms with van der Waals surface area (Å²) in [5.41, 5.74) is 1.23. The lowest BCUT2D eigenvalue weighted by Gasteiger charge is -2.14. The van der Waals surface area contributed by atoms with Crippen LogP contribution in [0.2, 0.25) is 0 Å². The predicted molar refractivity (Wildman–Crippen MR) is 79.0 cm³/mol. The van der Waals surface area contributed by atoms with E-state index < -0.39 is 9.84 Å². The van der Waals surface area contributed by atoms with Gasteiger partial charge < -0.3 is 5.32 Å². The molecule has 0 amide bonds. The van der Waals surface area contributed by atoms with Crippen molar-refractivity contribution in [3.8, 4) is 0 Å². The molecule has 0 heterocycles. The van der Waals surface area contributed by atoms with Crippen LogP contribution in [0.15, 0.2) is 29.2 Å². The summed E-state index contributed by atoms with van der Waals surface area (Å²) in [7, 11) is -2.84. The van der Waals surface area contributed by atoms with Crippen LogP contribution in [-0.4, -0.2) is 33.2 Å². The smallest absolute Gasteiger partial charge is 0.147 e. The van der Waals surface area contributed by atoms with Gasteiger partial charge in [-0.2, -0.15) is 0 Å². The molecule has 1 atom stereocenters. The first-order valence-electron chi connectivity index (χ1n) is 5.97. The van der Waals surface area contributed by atoms with Gasteiger partial charge in [0.1, 0.15) is 9.84 Å². The van der Waals surface area contributed by atoms with Crippen molar-refractivity contribution >= 4 is 21.6 Å². The first kappa shape index (κ1) is 15.5. The average Bonchev–Trinajstić information content (AvgIpc) is 2.33. The fourth-order valence-corrected chi connectivity index (χ4v) is 2.74. The highest BCUT2D eigenvalue weighted by molar-refractivity contribution is 7.98. The maximum atomic E-state index is 11.0. The summed E-state index contributed by atoms with van der Waals surface area (Å²) in [6.07, 6.45) is 3.99. The predicted octanol–water partition coefficient (Wildman–Crippen LogP) is 2.49. The summed E-state index contributed by atoms with van der Waals surface area (Å²) in [6.45, 7) is 2.81. The monoisotopic (exact) mass is 287 g/mol. The molecule has 0 aliphatic heterocycles. The Morgan fingerprint density at radius 2 is 1.89 bits per heavy atom. The molecule has 102 valence electrons. The summed E-state index contributed by atoms with van der Waals surface area (Å²) in [5, 5.41) is 3.34. The van der Waals surface area contributed by atoms with E-state index in [2.05, 4.69) is 42.8 Å². The second-order valence-corrected chi connectivity index (χ2v) is 7.57. The molecule has 0 spiro atoms. The molecule has 1 aromatic carbocycles. The molecule has 0 aliphatic carbocycles. The van der Waals surface area contributed by atoms with Crippen LogP contribution in [0.3, 0.4) is 0 Å². The van der Waals surface area contributed by atoms with E-state index in [9.17, 15) is 8.42 Å². The molecule has 1 N–H and O–H groups in total. The van der Waals surface area contributed by atoms with Crippen LogP contribution >= 0.6 is 11.8 Å². The Morgan fingerprint density at radius 3 is 2.39 bits per heavy atom. The van der Waals surface area contributed by atoms with Crippen molar-refractivity contribution in [3.05, 3.63) is 29.8 Å². The zero-order chi connectivity index (χ0) is 13.6. The molecule has 1 unspecified atom stereocenters. The molecule has 1 aromatic rings. The molecule has 0 fully saturated rings. The van der Waals surface area contributed by atoms with E-state index in [0.717, 1.165) is 6.54 Å². The number of hydrogen-bond donors (Lipinski definition) is 1. The number of nitrogens with one attached hydrogen (secondary N) is 1. The lowest BCUT2D eigenvalue weighted by Crippen LogP contribution is -2.21. The van der Waals surface area contributed by atoms with Crippen LogP contribution < -0.4 is 5.32 Å². The largest absolute Gasteiger partial charge is 0.310 e. The van der Waals surface area contributed by atoms with Gasteiger partial charge in [-0.3, -0.25) is 0 Å². The lowest BCUT2D eigenvalue weighted by atomic mass is 10.1. The third kappa shape index (κ3) is 5.89. The Morgan fingerprint density at radius 1 is 1.28 bits per heavy atom. The summed E-state index contributed by atoms with van der Waals surface area (Å²) in [6, 6.07) is 8.68. The van der Waals surface area contributed by atoms with E-state index in [-0.39, 0.29) is 11.8 Å². The van der Waals surface area contributed by atoms with Crippen LogP contribution in [-0.2, 0) is 9.84 Å². The number of rotatable bonds is 7. The van der Waals surface area contributed by atoms with Crippen molar-refractivity contribution in [1.29, 1.82) is 0 Å². The summed E-state index contributed by atoms with van der Waals surface area (Å²) in [5.74, 6) is 0.248. The van der Waals surface area contributed by atoms with Gasteiger partial charge >= 0.3 is 0 Å². The Balaban J connectivity index is 2.38. The molecular formula is C13H21NO2S2. The third-order valence-electron chi connectivity index (χ3n) is 2.76. The van der Waals surface area contributed by atoms with Gasteiger partial charge in [-0.05, 0) is 43.8 Å². The van der Waals surface area contributed by atoms with Crippen LogP contribution in [0.4, 0.5) is 0 Å². The van der Waals surface area contributed by atoms with Gasteiger partial charge in [0, 0.05) is 17.2 Å². The number of benzene rings is 1. The molecular weight excluding hydrogens is 266 g/mol. The number of hydrogen-bond acceptors (Lipinski definition) is 4. The highest BCUT2D eigenvalue weighted by atomic mass is 32.2. The topological polar surface area (TPSA) is 46.2 Å². The van der Waals surface area contributed by atoms with E-state index in [1.165, 1.54) is 16.7 Å². The molecule has 0 bridgehead atoms. The van der Waals surface area contributed by atoms with E-state index in [1.807, 2.05) is 0 Å². The minimum absolute atomic E-state index is 0.248. The SMILES string of the molecule is CSc1ccc(C(C)NCCCS(C)(=O)=O)cc1. The maximum Gasteiger partial charge on any atom is 0.147 e. The molecule has 0 aliphatic rings. The molecule has 3 nitrogen and oxygen atoms in total. The third-order valence-corrected chi connectivity index (χ3v) is 4.53. The minimum Gasteiger partial charge on any atom is -0.310 e. The molecule has 0 saturated heterocycles. The van der Waals surface area contributed by atoms with E-state index >= 15 is 0 Å². The van der Waals surface area contributed by atoms with Gasteiger partial charge in [-0.1, -0.05) is 12.1 Å². The highest BCUT2D eigenvalue weighted by Crippen LogP contribution is 2.18. The molecule has 18 heavy (non-hydrogen) atoms. The summed E-state index contributed by atoms with van der Waals surface area (Å²) >= 11 is 1.73. The Bertz CT molecular complexity index is 454. The lowest BCUT2D eigenvalue weighted by molar-refractivity contribution is 0.562. The summed E-state index contributed by atoms with van der Waals surface area (Å²) in [4.78, 5) is 1.25. The quantitative estimate of drug-likeness (QED) is 0.618. The normalized spacial score (nSPS) is 13.5. The number of sulfone groups is 1. The molecule has 0 radical (unpaired) electrons. The van der Waals surface area contributed by atoms with Crippen molar-refractivity contribution in [2.45, 2.75) is 24.3 Å². The standard InChI is InChI=1S/C13H21NO2S2/c1-11(14-9-4-10-18(3,15)16)12-5-7-13(17-2)8-6-12/h5-8,11,14H,4,9-10H2,1-3H3.